The number of hydrogen-bond acceptors (Lipinski definition) is 3. The minimum atomic E-state index is 0.628. The van der Waals surface area contributed by atoms with E-state index in [2.05, 4.69) is 21.6 Å². The van der Waals surface area contributed by atoms with E-state index < -0.39 is 0 Å². The van der Waals surface area contributed by atoms with Gasteiger partial charge in [0.1, 0.15) is 5.52 Å². The first-order valence-electron chi connectivity index (χ1n) is 6.38. The summed E-state index contributed by atoms with van der Waals surface area (Å²) < 4.78 is 4.02. The molecular formula is C12H19N5. The molecule has 0 bridgehead atoms. The first-order valence-corrected chi connectivity index (χ1v) is 6.38. The molecule has 0 spiro atoms. The van der Waals surface area contributed by atoms with Gasteiger partial charge in [-0.1, -0.05) is 19.8 Å². The van der Waals surface area contributed by atoms with Gasteiger partial charge in [-0.3, -0.25) is 9.25 Å². The SMILES string of the molecule is CCc1nn(C)c2c1nc(N)n2CCC1CC1. The van der Waals surface area contributed by atoms with E-state index in [1.54, 1.807) is 0 Å². The summed E-state index contributed by atoms with van der Waals surface area (Å²) >= 11 is 0. The Morgan fingerprint density at radius 1 is 1.41 bits per heavy atom. The number of aryl methyl sites for hydroxylation is 3. The molecule has 2 N–H and O–H groups in total. The van der Waals surface area contributed by atoms with Crippen LogP contribution < -0.4 is 5.73 Å². The largest absolute Gasteiger partial charge is 0.369 e. The van der Waals surface area contributed by atoms with Crippen molar-refractivity contribution >= 4 is 17.1 Å². The van der Waals surface area contributed by atoms with E-state index in [-0.39, 0.29) is 0 Å². The highest BCUT2D eigenvalue weighted by atomic mass is 15.3. The van der Waals surface area contributed by atoms with Crippen molar-refractivity contribution in [2.45, 2.75) is 39.2 Å². The van der Waals surface area contributed by atoms with E-state index in [1.807, 2.05) is 11.7 Å². The van der Waals surface area contributed by atoms with Gasteiger partial charge >= 0.3 is 0 Å². The second-order valence-electron chi connectivity index (χ2n) is 4.95. The van der Waals surface area contributed by atoms with E-state index in [4.69, 9.17) is 5.73 Å². The summed E-state index contributed by atoms with van der Waals surface area (Å²) in [5.41, 5.74) is 9.09. The molecule has 92 valence electrons. The third-order valence-corrected chi connectivity index (χ3v) is 3.61. The Balaban J connectivity index is 2.02. The quantitative estimate of drug-likeness (QED) is 0.874. The fraction of sp³-hybridized carbons (Fsp3) is 0.667. The van der Waals surface area contributed by atoms with Gasteiger partial charge in [0, 0.05) is 13.6 Å². The second kappa shape index (κ2) is 3.75. The molecule has 0 unspecified atom stereocenters. The molecule has 0 aromatic carbocycles. The van der Waals surface area contributed by atoms with Crippen molar-refractivity contribution in [2.24, 2.45) is 13.0 Å². The second-order valence-corrected chi connectivity index (χ2v) is 4.95. The van der Waals surface area contributed by atoms with Gasteiger partial charge in [-0.05, 0) is 18.8 Å². The highest BCUT2D eigenvalue weighted by Gasteiger charge is 2.23. The molecule has 1 aliphatic carbocycles. The van der Waals surface area contributed by atoms with Gasteiger partial charge in [-0.15, -0.1) is 0 Å². The molecule has 0 atom stereocenters. The normalized spacial score (nSPS) is 15.9. The Morgan fingerprint density at radius 2 is 2.18 bits per heavy atom. The summed E-state index contributed by atoms with van der Waals surface area (Å²) in [6, 6.07) is 0. The molecule has 0 aliphatic heterocycles. The van der Waals surface area contributed by atoms with Crippen LogP contribution in [0.3, 0.4) is 0 Å². The zero-order valence-corrected chi connectivity index (χ0v) is 10.5. The highest BCUT2D eigenvalue weighted by molar-refractivity contribution is 5.77. The van der Waals surface area contributed by atoms with Crippen LogP contribution in [0, 0.1) is 5.92 Å². The first kappa shape index (κ1) is 10.6. The van der Waals surface area contributed by atoms with E-state index in [0.29, 0.717) is 5.95 Å². The number of anilines is 1. The third-order valence-electron chi connectivity index (χ3n) is 3.61. The average Bonchev–Trinajstić information content (AvgIpc) is 3.00. The molecule has 0 radical (unpaired) electrons. The van der Waals surface area contributed by atoms with Crippen LogP contribution in [0.2, 0.25) is 0 Å². The zero-order chi connectivity index (χ0) is 12.0. The van der Waals surface area contributed by atoms with E-state index in [0.717, 1.165) is 35.7 Å². The maximum absolute atomic E-state index is 6.01. The van der Waals surface area contributed by atoms with Gasteiger partial charge in [-0.25, -0.2) is 4.98 Å². The van der Waals surface area contributed by atoms with Gasteiger partial charge in [0.05, 0.1) is 5.69 Å². The Hall–Kier alpha value is -1.52. The summed E-state index contributed by atoms with van der Waals surface area (Å²) in [6.45, 7) is 3.07. The summed E-state index contributed by atoms with van der Waals surface area (Å²) in [4.78, 5) is 4.46. The summed E-state index contributed by atoms with van der Waals surface area (Å²) in [7, 11) is 1.97. The van der Waals surface area contributed by atoms with Gasteiger partial charge in [0.2, 0.25) is 5.95 Å². The van der Waals surface area contributed by atoms with Crippen molar-refractivity contribution in [2.75, 3.05) is 5.73 Å². The summed E-state index contributed by atoms with van der Waals surface area (Å²) in [5.74, 6) is 1.54. The summed E-state index contributed by atoms with van der Waals surface area (Å²) in [5, 5.41) is 4.49. The summed E-state index contributed by atoms with van der Waals surface area (Å²) in [6.07, 6.45) is 4.87. The molecule has 5 nitrogen and oxygen atoms in total. The maximum Gasteiger partial charge on any atom is 0.202 e. The lowest BCUT2D eigenvalue weighted by Crippen LogP contribution is -2.07. The van der Waals surface area contributed by atoms with Crippen LogP contribution in [0.15, 0.2) is 0 Å². The number of nitrogen functional groups attached to an aromatic ring is 1. The van der Waals surface area contributed by atoms with Crippen molar-refractivity contribution in [1.29, 1.82) is 0 Å². The van der Waals surface area contributed by atoms with Crippen molar-refractivity contribution in [3.8, 4) is 0 Å². The Morgan fingerprint density at radius 3 is 2.82 bits per heavy atom. The van der Waals surface area contributed by atoms with Crippen molar-refractivity contribution in [3.05, 3.63) is 5.69 Å². The maximum atomic E-state index is 6.01. The highest BCUT2D eigenvalue weighted by Crippen LogP contribution is 2.33. The average molecular weight is 233 g/mol. The molecule has 2 aromatic rings. The molecule has 0 saturated heterocycles. The van der Waals surface area contributed by atoms with E-state index in [1.165, 1.54) is 19.3 Å². The van der Waals surface area contributed by atoms with Crippen molar-refractivity contribution < 1.29 is 0 Å². The van der Waals surface area contributed by atoms with Crippen molar-refractivity contribution in [1.82, 2.24) is 19.3 Å². The number of hydrogen-bond donors (Lipinski definition) is 1. The fourth-order valence-corrected chi connectivity index (χ4v) is 2.44. The van der Waals surface area contributed by atoms with Crippen molar-refractivity contribution in [3.63, 3.8) is 0 Å². The minimum absolute atomic E-state index is 0.628. The molecule has 1 fully saturated rings. The lowest BCUT2D eigenvalue weighted by molar-refractivity contribution is 0.598. The smallest absolute Gasteiger partial charge is 0.202 e. The lowest BCUT2D eigenvalue weighted by Gasteiger charge is -2.05. The molecule has 0 amide bonds. The minimum Gasteiger partial charge on any atom is -0.369 e. The van der Waals surface area contributed by atoms with Crippen LogP contribution in [0.5, 0.6) is 0 Å². The number of fused-ring (bicyclic) bond motifs is 1. The van der Waals surface area contributed by atoms with Crippen LogP contribution in [0.4, 0.5) is 5.95 Å². The monoisotopic (exact) mass is 233 g/mol. The van der Waals surface area contributed by atoms with Crippen LogP contribution >= 0.6 is 0 Å². The molecule has 5 heteroatoms. The predicted octanol–water partition coefficient (Wildman–Crippen LogP) is 1.71. The molecule has 3 rings (SSSR count). The first-order chi connectivity index (χ1) is 8.20. The van der Waals surface area contributed by atoms with Crippen LogP contribution in [0.25, 0.3) is 11.2 Å². The van der Waals surface area contributed by atoms with Gasteiger partial charge < -0.3 is 5.73 Å². The Labute approximate surface area is 101 Å². The van der Waals surface area contributed by atoms with Crippen LogP contribution in [-0.4, -0.2) is 19.3 Å². The van der Waals surface area contributed by atoms with Gasteiger partial charge in [-0.2, -0.15) is 5.10 Å². The molecule has 2 heterocycles. The standard InChI is InChI=1S/C12H19N5/c1-3-9-10-11(16(2)15-9)17(12(13)14-10)7-6-8-4-5-8/h8H,3-7H2,1-2H3,(H2,13,14). The fourth-order valence-electron chi connectivity index (χ4n) is 2.44. The number of nitrogens with zero attached hydrogens (tertiary/aromatic N) is 4. The molecule has 1 saturated carbocycles. The Bertz CT molecular complexity index is 547. The molecule has 17 heavy (non-hydrogen) atoms. The molecule has 1 aliphatic rings. The molecule has 2 aromatic heterocycles. The van der Waals surface area contributed by atoms with Gasteiger partial charge in [0.15, 0.2) is 5.65 Å². The zero-order valence-electron chi connectivity index (χ0n) is 10.5. The number of imidazole rings is 1. The number of nitrogens with two attached hydrogens (primary N) is 1. The van der Waals surface area contributed by atoms with Crippen LogP contribution in [-0.2, 0) is 20.0 Å². The predicted molar refractivity (Wildman–Crippen MR) is 67.6 cm³/mol. The topological polar surface area (TPSA) is 61.7 Å². The third kappa shape index (κ3) is 1.69. The Kier molecular flexibility index (Phi) is 2.34. The van der Waals surface area contributed by atoms with E-state index in [9.17, 15) is 0 Å². The number of aromatic nitrogens is 4. The van der Waals surface area contributed by atoms with Gasteiger partial charge in [0.25, 0.3) is 0 Å². The van der Waals surface area contributed by atoms with E-state index >= 15 is 0 Å². The number of rotatable bonds is 4. The van der Waals surface area contributed by atoms with Crippen LogP contribution in [0.1, 0.15) is 31.9 Å². The lowest BCUT2D eigenvalue weighted by atomic mass is 10.3. The molecular weight excluding hydrogens is 214 g/mol.